The molecule has 0 fully saturated rings. The van der Waals surface area contributed by atoms with Gasteiger partial charge in [0.15, 0.2) is 0 Å². The van der Waals surface area contributed by atoms with E-state index in [0.29, 0.717) is 17.9 Å². The number of hydrogen-bond donors (Lipinski definition) is 2. The number of carbonyl (C=O) groups is 2. The Bertz CT molecular complexity index is 1090. The molecule has 0 aliphatic rings. The summed E-state index contributed by atoms with van der Waals surface area (Å²) in [6, 6.07) is 23.7. The van der Waals surface area contributed by atoms with Gasteiger partial charge in [-0.15, -0.1) is 0 Å². The molecule has 0 saturated carbocycles. The summed E-state index contributed by atoms with van der Waals surface area (Å²) in [5.74, 6) is -0.140. The molecule has 3 rings (SSSR count). The first-order chi connectivity index (χ1) is 15.9. The second kappa shape index (κ2) is 11.6. The molecule has 0 aliphatic heterocycles. The highest BCUT2D eigenvalue weighted by Crippen LogP contribution is 2.18. The molecule has 0 saturated heterocycles. The van der Waals surface area contributed by atoms with Gasteiger partial charge in [0.2, 0.25) is 0 Å². The number of benzene rings is 3. The second-order valence-corrected chi connectivity index (χ2v) is 8.11. The quantitative estimate of drug-likeness (QED) is 0.378. The number of amides is 2. The van der Waals surface area contributed by atoms with Crippen LogP contribution in [0.5, 0.6) is 5.75 Å². The molecule has 33 heavy (non-hydrogen) atoms. The normalized spacial score (nSPS) is 11.9. The molecule has 3 aromatic carbocycles. The van der Waals surface area contributed by atoms with Gasteiger partial charge in [-0.1, -0.05) is 74.0 Å². The molecule has 0 bridgehead atoms. The largest absolute Gasteiger partial charge is 0.488 e. The van der Waals surface area contributed by atoms with Crippen LogP contribution < -0.4 is 15.5 Å². The molecule has 6 nitrogen and oxygen atoms in total. The molecule has 0 heterocycles. The number of carbonyl (C=O) groups excluding carboxylic acids is 2. The zero-order valence-electron chi connectivity index (χ0n) is 19.1. The van der Waals surface area contributed by atoms with Crippen molar-refractivity contribution in [3.05, 3.63) is 101 Å². The maximum Gasteiger partial charge on any atom is 0.262 e. The van der Waals surface area contributed by atoms with Crippen molar-refractivity contribution in [3.63, 3.8) is 0 Å². The van der Waals surface area contributed by atoms with Crippen LogP contribution in [-0.4, -0.2) is 24.1 Å². The Morgan fingerprint density at radius 2 is 1.61 bits per heavy atom. The molecule has 0 spiro atoms. The highest BCUT2D eigenvalue weighted by Gasteiger charge is 2.24. The van der Waals surface area contributed by atoms with E-state index in [4.69, 9.17) is 4.74 Å². The maximum absolute atomic E-state index is 12.7. The average Bonchev–Trinajstić information content (AvgIpc) is 2.83. The van der Waals surface area contributed by atoms with Crippen LogP contribution in [0.4, 0.5) is 0 Å². The lowest BCUT2D eigenvalue weighted by atomic mass is 10.0. The van der Waals surface area contributed by atoms with Crippen molar-refractivity contribution in [2.24, 2.45) is 11.0 Å². The lowest BCUT2D eigenvalue weighted by Crippen LogP contribution is -2.48. The Labute approximate surface area is 194 Å². The summed E-state index contributed by atoms with van der Waals surface area (Å²) in [4.78, 5) is 25.2. The van der Waals surface area contributed by atoms with Gasteiger partial charge in [0.25, 0.3) is 11.8 Å². The van der Waals surface area contributed by atoms with Crippen molar-refractivity contribution in [3.8, 4) is 5.75 Å². The summed E-state index contributed by atoms with van der Waals surface area (Å²) in [7, 11) is 0. The number of aryl methyl sites for hydroxylation is 1. The summed E-state index contributed by atoms with van der Waals surface area (Å²) < 4.78 is 5.95. The monoisotopic (exact) mass is 443 g/mol. The fourth-order valence-electron chi connectivity index (χ4n) is 3.15. The van der Waals surface area contributed by atoms with Gasteiger partial charge >= 0.3 is 0 Å². The lowest BCUT2D eigenvalue weighted by molar-refractivity contribution is -0.123. The summed E-state index contributed by atoms with van der Waals surface area (Å²) >= 11 is 0. The Morgan fingerprint density at radius 1 is 0.939 bits per heavy atom. The van der Waals surface area contributed by atoms with Crippen molar-refractivity contribution in [2.75, 3.05) is 0 Å². The number of para-hydroxylation sites is 1. The standard InChI is InChI=1S/C27H29N3O3/c1-19(2)25(29-26(31)22-9-5-4-6-10-22)27(32)30-28-17-23-11-7-8-12-24(23)33-18-21-15-13-20(3)14-16-21/h4-17,19,25H,18H2,1-3H3,(H,29,31)(H,30,32). The van der Waals surface area contributed by atoms with Gasteiger partial charge in [0.05, 0.1) is 6.21 Å². The molecule has 2 N–H and O–H groups in total. The maximum atomic E-state index is 12.7. The molecule has 3 aromatic rings. The number of nitrogens with one attached hydrogen (secondary N) is 2. The van der Waals surface area contributed by atoms with E-state index in [-0.39, 0.29) is 17.7 Å². The zero-order chi connectivity index (χ0) is 23.6. The Kier molecular flexibility index (Phi) is 8.36. The van der Waals surface area contributed by atoms with Crippen LogP contribution in [0.25, 0.3) is 0 Å². The summed E-state index contributed by atoms with van der Waals surface area (Å²) in [6.07, 6.45) is 1.54. The van der Waals surface area contributed by atoms with E-state index in [1.165, 1.54) is 5.56 Å². The van der Waals surface area contributed by atoms with E-state index in [2.05, 4.69) is 15.8 Å². The third kappa shape index (κ3) is 7.04. The minimum Gasteiger partial charge on any atom is -0.488 e. The first-order valence-electron chi connectivity index (χ1n) is 10.9. The van der Waals surface area contributed by atoms with Gasteiger partial charge in [-0.2, -0.15) is 5.10 Å². The number of rotatable bonds is 9. The lowest BCUT2D eigenvalue weighted by Gasteiger charge is -2.20. The summed E-state index contributed by atoms with van der Waals surface area (Å²) in [5.41, 5.74) is 6.03. The van der Waals surface area contributed by atoms with Crippen LogP contribution in [0.2, 0.25) is 0 Å². The molecule has 0 radical (unpaired) electrons. The Morgan fingerprint density at radius 3 is 2.30 bits per heavy atom. The third-order valence-corrected chi connectivity index (χ3v) is 5.08. The first-order valence-corrected chi connectivity index (χ1v) is 10.9. The number of hydrogen-bond acceptors (Lipinski definition) is 4. The topological polar surface area (TPSA) is 79.8 Å². The van der Waals surface area contributed by atoms with Crippen LogP contribution in [-0.2, 0) is 11.4 Å². The van der Waals surface area contributed by atoms with Crippen molar-refractivity contribution in [1.29, 1.82) is 0 Å². The summed E-state index contributed by atoms with van der Waals surface area (Å²) in [6.45, 7) is 6.21. The Balaban J connectivity index is 1.61. The van der Waals surface area contributed by atoms with Gasteiger partial charge in [0.1, 0.15) is 18.4 Å². The van der Waals surface area contributed by atoms with Crippen molar-refractivity contribution in [2.45, 2.75) is 33.4 Å². The molecule has 1 unspecified atom stereocenters. The molecule has 1 atom stereocenters. The Hall–Kier alpha value is -3.93. The van der Waals surface area contributed by atoms with Gasteiger partial charge in [-0.05, 0) is 42.7 Å². The van der Waals surface area contributed by atoms with E-state index in [1.54, 1.807) is 30.5 Å². The van der Waals surface area contributed by atoms with Crippen molar-refractivity contribution < 1.29 is 14.3 Å². The molecular weight excluding hydrogens is 414 g/mol. The first kappa shape index (κ1) is 23.7. The van der Waals surface area contributed by atoms with Crippen molar-refractivity contribution in [1.82, 2.24) is 10.7 Å². The molecule has 6 heteroatoms. The SMILES string of the molecule is Cc1ccc(COc2ccccc2C=NNC(=O)C(NC(=O)c2ccccc2)C(C)C)cc1. The average molecular weight is 444 g/mol. The minimum absolute atomic E-state index is 0.113. The van der Waals surface area contributed by atoms with Crippen LogP contribution >= 0.6 is 0 Å². The molecule has 170 valence electrons. The highest BCUT2D eigenvalue weighted by molar-refractivity contribution is 5.97. The fraction of sp³-hybridized carbons (Fsp3) is 0.222. The molecular formula is C27H29N3O3. The van der Waals surface area contributed by atoms with Gasteiger partial charge in [-0.25, -0.2) is 5.43 Å². The fourth-order valence-corrected chi connectivity index (χ4v) is 3.15. The van der Waals surface area contributed by atoms with E-state index < -0.39 is 6.04 Å². The van der Waals surface area contributed by atoms with E-state index in [0.717, 1.165) is 11.1 Å². The van der Waals surface area contributed by atoms with Crippen LogP contribution in [0.3, 0.4) is 0 Å². The molecule has 2 amide bonds. The number of ether oxygens (including phenoxy) is 1. The molecule has 0 aromatic heterocycles. The third-order valence-electron chi connectivity index (χ3n) is 5.08. The second-order valence-electron chi connectivity index (χ2n) is 8.11. The van der Waals surface area contributed by atoms with Gasteiger partial charge < -0.3 is 10.1 Å². The van der Waals surface area contributed by atoms with Gasteiger partial charge in [-0.3, -0.25) is 9.59 Å². The smallest absolute Gasteiger partial charge is 0.262 e. The van der Waals surface area contributed by atoms with E-state index in [9.17, 15) is 9.59 Å². The predicted molar refractivity (Wildman–Crippen MR) is 130 cm³/mol. The summed E-state index contributed by atoms with van der Waals surface area (Å²) in [5, 5.41) is 6.88. The van der Waals surface area contributed by atoms with E-state index in [1.807, 2.05) is 75.4 Å². The van der Waals surface area contributed by atoms with Crippen LogP contribution in [0, 0.1) is 12.8 Å². The molecule has 0 aliphatic carbocycles. The minimum atomic E-state index is -0.720. The number of hydrazone groups is 1. The zero-order valence-corrected chi connectivity index (χ0v) is 19.1. The highest BCUT2D eigenvalue weighted by atomic mass is 16.5. The van der Waals surface area contributed by atoms with Crippen LogP contribution in [0.1, 0.15) is 40.9 Å². The predicted octanol–water partition coefficient (Wildman–Crippen LogP) is 4.48. The van der Waals surface area contributed by atoms with Crippen molar-refractivity contribution >= 4 is 18.0 Å². The van der Waals surface area contributed by atoms with Crippen LogP contribution in [0.15, 0.2) is 84.0 Å². The van der Waals surface area contributed by atoms with Gasteiger partial charge in [0, 0.05) is 11.1 Å². The van der Waals surface area contributed by atoms with E-state index >= 15 is 0 Å². The number of nitrogens with zero attached hydrogens (tertiary/aromatic N) is 1.